The van der Waals surface area contributed by atoms with Gasteiger partial charge in [-0.15, -0.1) is 0 Å². The van der Waals surface area contributed by atoms with Gasteiger partial charge in [0.15, 0.2) is 0 Å². The third-order valence-electron chi connectivity index (χ3n) is 6.04. The molecule has 4 aromatic rings. The Morgan fingerprint density at radius 2 is 0.871 bits per heavy atom. The van der Waals surface area contributed by atoms with Gasteiger partial charge in [-0.05, 0) is 71.5 Å². The predicted octanol–water partition coefficient (Wildman–Crippen LogP) is 7.39. The first-order valence-electron chi connectivity index (χ1n) is 10.7. The summed E-state index contributed by atoms with van der Waals surface area (Å²) in [5.74, 6) is 0. The van der Waals surface area contributed by atoms with Crippen molar-refractivity contribution in [2.45, 2.75) is 13.8 Å². The average molecular weight is 403 g/mol. The van der Waals surface area contributed by atoms with Gasteiger partial charge in [-0.3, -0.25) is 0 Å². The van der Waals surface area contributed by atoms with Crippen LogP contribution >= 0.6 is 0 Å². The van der Waals surface area contributed by atoms with Crippen LogP contribution in [0.5, 0.6) is 0 Å². The summed E-state index contributed by atoms with van der Waals surface area (Å²) in [6, 6.07) is 34.7. The quantitative estimate of drug-likeness (QED) is 0.351. The number of hydrogen-bond acceptors (Lipinski definition) is 2. The Labute approximate surface area is 184 Å². The minimum absolute atomic E-state index is 0.813. The molecule has 1 aliphatic heterocycles. The van der Waals surface area contributed by atoms with Crippen LogP contribution in [0.15, 0.2) is 109 Å². The van der Waals surface area contributed by atoms with Crippen LogP contribution < -0.4 is 9.80 Å². The molecule has 2 nitrogen and oxygen atoms in total. The largest absolute Gasteiger partial charge is 0.328 e. The van der Waals surface area contributed by atoms with Gasteiger partial charge in [-0.1, -0.05) is 72.8 Å². The van der Waals surface area contributed by atoms with Crippen molar-refractivity contribution in [2.75, 3.05) is 16.5 Å². The van der Waals surface area contributed by atoms with Crippen LogP contribution in [-0.2, 0) is 0 Å². The molecule has 0 aliphatic carbocycles. The summed E-state index contributed by atoms with van der Waals surface area (Å²) in [6.07, 6.45) is 4.30. The van der Waals surface area contributed by atoms with Crippen LogP contribution in [0.25, 0.3) is 22.3 Å². The molecule has 1 heterocycles. The molecule has 0 aromatic heterocycles. The van der Waals surface area contributed by atoms with Gasteiger partial charge in [-0.25, -0.2) is 0 Å². The van der Waals surface area contributed by atoms with Crippen LogP contribution in [0.4, 0.5) is 11.4 Å². The molecule has 0 N–H and O–H groups in total. The van der Waals surface area contributed by atoms with Crippen LogP contribution in [0.2, 0.25) is 0 Å². The van der Waals surface area contributed by atoms with E-state index < -0.39 is 0 Å². The molecule has 31 heavy (non-hydrogen) atoms. The topological polar surface area (TPSA) is 6.48 Å². The maximum Gasteiger partial charge on any atom is 0.0989 e. The van der Waals surface area contributed by atoms with Gasteiger partial charge in [0, 0.05) is 23.8 Å². The zero-order valence-electron chi connectivity index (χ0n) is 18.0. The van der Waals surface area contributed by atoms with Crippen LogP contribution in [0, 0.1) is 13.8 Å². The normalized spacial score (nSPS) is 13.1. The second-order valence-electron chi connectivity index (χ2n) is 8.10. The van der Waals surface area contributed by atoms with Crippen molar-refractivity contribution in [3.8, 4) is 22.3 Å². The Kier molecular flexibility index (Phi) is 5.05. The Morgan fingerprint density at radius 3 is 1.26 bits per heavy atom. The van der Waals surface area contributed by atoms with Crippen LogP contribution in [0.1, 0.15) is 11.1 Å². The Balaban J connectivity index is 1.30. The van der Waals surface area contributed by atoms with E-state index in [4.69, 9.17) is 0 Å². The SMILES string of the molecule is Cc1ccccc1-c1ccc(N2C=CN(c3ccc(-c4ccccc4C)cc3)C2)cc1. The molecule has 0 saturated heterocycles. The molecule has 1 aliphatic rings. The third-order valence-corrected chi connectivity index (χ3v) is 6.04. The molecule has 0 spiro atoms. The summed E-state index contributed by atoms with van der Waals surface area (Å²) in [7, 11) is 0. The molecule has 5 rings (SSSR count). The first kappa shape index (κ1) is 19.2. The molecule has 0 saturated carbocycles. The summed E-state index contributed by atoms with van der Waals surface area (Å²) in [5, 5.41) is 0. The lowest BCUT2D eigenvalue weighted by Gasteiger charge is -2.22. The van der Waals surface area contributed by atoms with Crippen molar-refractivity contribution in [3.05, 3.63) is 121 Å². The van der Waals surface area contributed by atoms with E-state index in [0.717, 1.165) is 6.67 Å². The number of hydrogen-bond donors (Lipinski definition) is 0. The number of rotatable bonds is 4. The first-order chi connectivity index (χ1) is 15.2. The summed E-state index contributed by atoms with van der Waals surface area (Å²) in [5.41, 5.74) is 10.1. The van der Waals surface area contributed by atoms with Crippen molar-refractivity contribution in [1.29, 1.82) is 0 Å². The number of anilines is 2. The number of nitrogens with zero attached hydrogens (tertiary/aromatic N) is 2. The molecule has 0 bridgehead atoms. The summed E-state index contributed by atoms with van der Waals surface area (Å²) < 4.78 is 0. The van der Waals surface area contributed by atoms with E-state index in [-0.39, 0.29) is 0 Å². The maximum atomic E-state index is 2.27. The fraction of sp³-hybridized carbons (Fsp3) is 0.103. The van der Waals surface area contributed by atoms with Gasteiger partial charge in [0.1, 0.15) is 0 Å². The molecule has 2 heteroatoms. The lowest BCUT2D eigenvalue weighted by atomic mass is 10.0. The third kappa shape index (κ3) is 3.85. The van der Waals surface area contributed by atoms with Crippen molar-refractivity contribution >= 4 is 11.4 Å². The molecule has 4 aromatic carbocycles. The Hall–Kier alpha value is -3.78. The van der Waals surface area contributed by atoms with Crippen molar-refractivity contribution in [1.82, 2.24) is 0 Å². The zero-order chi connectivity index (χ0) is 21.2. The average Bonchev–Trinajstić information content (AvgIpc) is 3.30. The second-order valence-corrected chi connectivity index (χ2v) is 8.10. The highest BCUT2D eigenvalue weighted by Crippen LogP contribution is 2.30. The highest BCUT2D eigenvalue weighted by Gasteiger charge is 2.16. The maximum absolute atomic E-state index is 2.27. The highest BCUT2D eigenvalue weighted by atomic mass is 15.3. The monoisotopic (exact) mass is 402 g/mol. The van der Waals surface area contributed by atoms with E-state index in [1.165, 1.54) is 44.8 Å². The van der Waals surface area contributed by atoms with Gasteiger partial charge >= 0.3 is 0 Å². The van der Waals surface area contributed by atoms with E-state index in [9.17, 15) is 0 Å². The Bertz CT molecular complexity index is 1120. The van der Waals surface area contributed by atoms with Crippen molar-refractivity contribution < 1.29 is 0 Å². The molecule has 152 valence electrons. The van der Waals surface area contributed by atoms with Gasteiger partial charge in [0.2, 0.25) is 0 Å². The summed E-state index contributed by atoms with van der Waals surface area (Å²) in [6.45, 7) is 5.14. The molecular formula is C29H26N2. The van der Waals surface area contributed by atoms with Crippen LogP contribution in [0.3, 0.4) is 0 Å². The molecule has 0 atom stereocenters. The molecule has 0 radical (unpaired) electrons. The minimum atomic E-state index is 0.813. The molecule has 0 fully saturated rings. The van der Waals surface area contributed by atoms with E-state index in [1.807, 2.05) is 0 Å². The van der Waals surface area contributed by atoms with Gasteiger partial charge < -0.3 is 9.80 Å². The van der Waals surface area contributed by atoms with Crippen molar-refractivity contribution in [2.24, 2.45) is 0 Å². The smallest absolute Gasteiger partial charge is 0.0989 e. The lowest BCUT2D eigenvalue weighted by Crippen LogP contribution is -2.24. The molecule has 0 unspecified atom stereocenters. The predicted molar refractivity (Wildman–Crippen MR) is 132 cm³/mol. The van der Waals surface area contributed by atoms with Crippen LogP contribution in [-0.4, -0.2) is 6.67 Å². The van der Waals surface area contributed by atoms with E-state index >= 15 is 0 Å². The van der Waals surface area contributed by atoms with E-state index in [1.54, 1.807) is 0 Å². The highest BCUT2D eigenvalue weighted by molar-refractivity contribution is 5.72. The number of aryl methyl sites for hydroxylation is 2. The zero-order valence-corrected chi connectivity index (χ0v) is 18.0. The lowest BCUT2D eigenvalue weighted by molar-refractivity contribution is 0.976. The first-order valence-corrected chi connectivity index (χ1v) is 10.7. The standard InChI is InChI=1S/C29H26N2/c1-22-7-3-5-9-28(22)24-11-15-26(16-12-24)30-19-20-31(21-30)27-17-13-25(14-18-27)29-10-6-4-8-23(29)2/h3-20H,21H2,1-2H3. The summed E-state index contributed by atoms with van der Waals surface area (Å²) in [4.78, 5) is 4.55. The second kappa shape index (κ2) is 8.16. The van der Waals surface area contributed by atoms with Crippen molar-refractivity contribution in [3.63, 3.8) is 0 Å². The van der Waals surface area contributed by atoms with Gasteiger partial charge in [0.25, 0.3) is 0 Å². The fourth-order valence-corrected chi connectivity index (χ4v) is 4.21. The molecule has 0 amide bonds. The fourth-order valence-electron chi connectivity index (χ4n) is 4.21. The van der Waals surface area contributed by atoms with E-state index in [2.05, 4.69) is 133 Å². The molecular weight excluding hydrogens is 376 g/mol. The Morgan fingerprint density at radius 1 is 0.484 bits per heavy atom. The minimum Gasteiger partial charge on any atom is -0.328 e. The number of benzene rings is 4. The van der Waals surface area contributed by atoms with Gasteiger partial charge in [0.05, 0.1) is 6.67 Å². The van der Waals surface area contributed by atoms with Gasteiger partial charge in [-0.2, -0.15) is 0 Å². The summed E-state index contributed by atoms with van der Waals surface area (Å²) >= 11 is 0. The van der Waals surface area contributed by atoms with E-state index in [0.29, 0.717) is 0 Å².